The lowest BCUT2D eigenvalue weighted by Gasteiger charge is -2.27. The molecule has 1 aliphatic heterocycles. The molecule has 9 nitrogen and oxygen atoms in total. The maximum atomic E-state index is 14.2. The Labute approximate surface area is 211 Å². The van der Waals surface area contributed by atoms with Crippen LogP contribution < -0.4 is 15.1 Å². The van der Waals surface area contributed by atoms with E-state index in [-0.39, 0.29) is 24.0 Å². The normalized spacial score (nSPS) is 14.3. The fraction of sp³-hybridized carbons (Fsp3) is 0.375. The van der Waals surface area contributed by atoms with Gasteiger partial charge in [0.1, 0.15) is 6.54 Å². The number of azo groups is 1. The van der Waals surface area contributed by atoms with Crippen LogP contribution in [0.5, 0.6) is 0 Å². The van der Waals surface area contributed by atoms with E-state index in [1.54, 1.807) is 36.0 Å². The SMILES string of the molecule is Cc1cc(Nc2cc(N(C)C)cc(C(F)(F)F)c2)cnc1C/N=N/c1ncc(F)c(N2CCOCC2)n1. The third-order valence-electron chi connectivity index (χ3n) is 5.64. The van der Waals surface area contributed by atoms with Crippen LogP contribution in [0.25, 0.3) is 0 Å². The lowest BCUT2D eigenvalue weighted by atomic mass is 10.1. The second kappa shape index (κ2) is 11.0. The molecule has 0 unspecified atom stereocenters. The number of ether oxygens (including phenoxy) is 1. The molecule has 0 bridgehead atoms. The number of alkyl halides is 3. The van der Waals surface area contributed by atoms with E-state index in [4.69, 9.17) is 4.74 Å². The van der Waals surface area contributed by atoms with Gasteiger partial charge in [-0.05, 0) is 36.8 Å². The topological polar surface area (TPSA) is 91.1 Å². The van der Waals surface area contributed by atoms with Gasteiger partial charge in [-0.2, -0.15) is 23.3 Å². The summed E-state index contributed by atoms with van der Waals surface area (Å²) in [6, 6.07) is 5.54. The summed E-state index contributed by atoms with van der Waals surface area (Å²) in [5.41, 5.74) is 1.86. The van der Waals surface area contributed by atoms with Crippen LogP contribution in [0.3, 0.4) is 0 Å². The summed E-state index contributed by atoms with van der Waals surface area (Å²) in [6.45, 7) is 3.94. The molecule has 0 saturated carbocycles. The van der Waals surface area contributed by atoms with E-state index in [9.17, 15) is 17.6 Å². The molecule has 1 fully saturated rings. The summed E-state index contributed by atoms with van der Waals surface area (Å²) in [5.74, 6) is -0.357. The van der Waals surface area contributed by atoms with Gasteiger partial charge < -0.3 is 19.9 Å². The Morgan fingerprint density at radius 3 is 2.49 bits per heavy atom. The van der Waals surface area contributed by atoms with E-state index in [0.717, 1.165) is 23.9 Å². The van der Waals surface area contributed by atoms with E-state index in [2.05, 4.69) is 30.5 Å². The number of morpholine rings is 1. The molecule has 0 radical (unpaired) electrons. The predicted octanol–water partition coefficient (Wildman–Crippen LogP) is 5.27. The van der Waals surface area contributed by atoms with Crippen LogP contribution in [0, 0.1) is 12.7 Å². The van der Waals surface area contributed by atoms with Gasteiger partial charge in [-0.25, -0.2) is 9.37 Å². The number of hydrogen-bond donors (Lipinski definition) is 1. The van der Waals surface area contributed by atoms with Crippen molar-refractivity contribution in [3.63, 3.8) is 0 Å². The Kier molecular flexibility index (Phi) is 7.81. The first kappa shape index (κ1) is 26.2. The van der Waals surface area contributed by atoms with E-state index in [1.165, 1.54) is 6.20 Å². The fourth-order valence-electron chi connectivity index (χ4n) is 3.67. The molecule has 1 saturated heterocycles. The van der Waals surface area contributed by atoms with Gasteiger partial charge in [0.25, 0.3) is 5.95 Å². The van der Waals surface area contributed by atoms with E-state index >= 15 is 0 Å². The number of pyridine rings is 1. The molecule has 0 spiro atoms. The average molecular weight is 519 g/mol. The lowest BCUT2D eigenvalue weighted by Crippen LogP contribution is -2.37. The Bertz CT molecular complexity index is 1280. The average Bonchev–Trinajstić information content (AvgIpc) is 2.86. The standard InChI is InChI=1S/C24H26F4N8O/c1-15-8-18(32-17-9-16(24(26,27)28)10-19(11-17)35(2)3)12-29-21(15)14-31-34-23-30-13-20(25)22(33-23)36-4-6-37-7-5-36/h8-13,32H,4-7,14H2,1-3H3/b34-31+. The maximum Gasteiger partial charge on any atom is 0.416 e. The monoisotopic (exact) mass is 518 g/mol. The molecule has 13 heteroatoms. The third-order valence-corrected chi connectivity index (χ3v) is 5.64. The Morgan fingerprint density at radius 2 is 1.81 bits per heavy atom. The molecule has 0 aliphatic carbocycles. The van der Waals surface area contributed by atoms with Gasteiger partial charge in [0, 0.05) is 38.6 Å². The number of rotatable bonds is 7. The second-order valence-corrected chi connectivity index (χ2v) is 8.61. The maximum absolute atomic E-state index is 14.2. The minimum absolute atomic E-state index is 0.0278. The van der Waals surface area contributed by atoms with Crippen LogP contribution in [0.15, 0.2) is 46.9 Å². The smallest absolute Gasteiger partial charge is 0.378 e. The number of halogens is 4. The van der Waals surface area contributed by atoms with Crippen LogP contribution in [0.2, 0.25) is 0 Å². The van der Waals surface area contributed by atoms with E-state index in [1.807, 2.05) is 6.92 Å². The van der Waals surface area contributed by atoms with Crippen molar-refractivity contribution >= 4 is 28.8 Å². The molecule has 2 aromatic heterocycles. The van der Waals surface area contributed by atoms with Gasteiger partial charge in [-0.1, -0.05) is 0 Å². The molecule has 4 rings (SSSR count). The summed E-state index contributed by atoms with van der Waals surface area (Å²) >= 11 is 0. The number of aromatic nitrogens is 3. The Hall–Kier alpha value is -3.87. The van der Waals surface area contributed by atoms with Crippen molar-refractivity contribution in [2.75, 3.05) is 55.5 Å². The molecule has 1 N–H and O–H groups in total. The van der Waals surface area contributed by atoms with Crippen molar-refractivity contribution < 1.29 is 22.3 Å². The number of hydrogen-bond acceptors (Lipinski definition) is 9. The first-order chi connectivity index (χ1) is 17.6. The number of aryl methyl sites for hydroxylation is 1. The third kappa shape index (κ3) is 6.67. The summed E-state index contributed by atoms with van der Waals surface area (Å²) in [4.78, 5) is 15.8. The molecule has 37 heavy (non-hydrogen) atoms. The molecule has 0 atom stereocenters. The minimum atomic E-state index is -4.47. The van der Waals surface area contributed by atoms with Crippen molar-refractivity contribution in [1.82, 2.24) is 15.0 Å². The van der Waals surface area contributed by atoms with Crippen molar-refractivity contribution in [2.24, 2.45) is 10.2 Å². The lowest BCUT2D eigenvalue weighted by molar-refractivity contribution is -0.137. The fourth-order valence-corrected chi connectivity index (χ4v) is 3.67. The quantitative estimate of drug-likeness (QED) is 0.337. The minimum Gasteiger partial charge on any atom is -0.378 e. The number of nitrogens with zero attached hydrogens (tertiary/aromatic N) is 7. The molecule has 3 aromatic rings. The molecule has 1 aromatic carbocycles. The van der Waals surface area contributed by atoms with Gasteiger partial charge in [-0.3, -0.25) is 4.98 Å². The Balaban J connectivity index is 1.46. The van der Waals surface area contributed by atoms with Crippen LogP contribution in [-0.2, 0) is 17.5 Å². The highest BCUT2D eigenvalue weighted by molar-refractivity contribution is 5.66. The summed E-state index contributed by atoms with van der Waals surface area (Å²) < 4.78 is 59.5. The van der Waals surface area contributed by atoms with Crippen LogP contribution in [0.1, 0.15) is 16.8 Å². The zero-order valence-electron chi connectivity index (χ0n) is 20.6. The number of nitrogens with one attached hydrogen (secondary N) is 1. The summed E-state index contributed by atoms with van der Waals surface area (Å²) in [5, 5.41) is 11.1. The van der Waals surface area contributed by atoms with E-state index < -0.39 is 17.6 Å². The predicted molar refractivity (Wildman–Crippen MR) is 131 cm³/mol. The zero-order chi connectivity index (χ0) is 26.6. The van der Waals surface area contributed by atoms with Gasteiger partial charge in [0.15, 0.2) is 11.6 Å². The highest BCUT2D eigenvalue weighted by Crippen LogP contribution is 2.35. The number of benzene rings is 1. The number of anilines is 4. The second-order valence-electron chi connectivity index (χ2n) is 8.61. The van der Waals surface area contributed by atoms with Crippen LogP contribution in [-0.4, -0.2) is 55.4 Å². The molecular formula is C24H26F4N8O. The van der Waals surface area contributed by atoms with Gasteiger partial charge in [-0.15, -0.1) is 5.11 Å². The van der Waals surface area contributed by atoms with E-state index in [0.29, 0.717) is 43.4 Å². The van der Waals surface area contributed by atoms with Gasteiger partial charge in [0.2, 0.25) is 0 Å². The molecule has 196 valence electrons. The highest BCUT2D eigenvalue weighted by atomic mass is 19.4. The van der Waals surface area contributed by atoms with Crippen molar-refractivity contribution in [3.05, 3.63) is 59.3 Å². The Morgan fingerprint density at radius 1 is 1.05 bits per heavy atom. The van der Waals surface area contributed by atoms with Crippen molar-refractivity contribution in [2.45, 2.75) is 19.6 Å². The summed E-state index contributed by atoms with van der Waals surface area (Å²) in [7, 11) is 3.35. The molecule has 3 heterocycles. The molecule has 1 aliphatic rings. The first-order valence-corrected chi connectivity index (χ1v) is 11.4. The van der Waals surface area contributed by atoms with Crippen LogP contribution >= 0.6 is 0 Å². The van der Waals surface area contributed by atoms with Gasteiger partial charge >= 0.3 is 6.18 Å². The first-order valence-electron chi connectivity index (χ1n) is 11.4. The largest absolute Gasteiger partial charge is 0.416 e. The van der Waals surface area contributed by atoms with Crippen molar-refractivity contribution in [3.8, 4) is 0 Å². The van der Waals surface area contributed by atoms with Crippen molar-refractivity contribution in [1.29, 1.82) is 0 Å². The van der Waals surface area contributed by atoms with Crippen LogP contribution in [0.4, 0.5) is 46.4 Å². The molecule has 0 amide bonds. The summed E-state index contributed by atoms with van der Waals surface area (Å²) in [6.07, 6.45) is -1.90. The molecular weight excluding hydrogens is 492 g/mol. The highest BCUT2D eigenvalue weighted by Gasteiger charge is 2.31. The zero-order valence-corrected chi connectivity index (χ0v) is 20.6. The van der Waals surface area contributed by atoms with Gasteiger partial charge in [0.05, 0.1) is 42.6 Å².